The van der Waals surface area contributed by atoms with Crippen molar-refractivity contribution in [2.75, 3.05) is 20.3 Å². The second kappa shape index (κ2) is 9.38. The summed E-state index contributed by atoms with van der Waals surface area (Å²) in [6.07, 6.45) is 0.754. The number of benzene rings is 2. The second-order valence-corrected chi connectivity index (χ2v) is 5.75. The van der Waals surface area contributed by atoms with Crippen LogP contribution < -0.4 is 14.8 Å². The average molecular weight is 367 g/mol. The Balaban J connectivity index is 1.38. The van der Waals surface area contributed by atoms with E-state index in [1.165, 1.54) is 0 Å². The number of carbonyl (C=O) groups excluding carboxylic acids is 1. The number of aromatic nitrogens is 2. The largest absolute Gasteiger partial charge is 0.497 e. The Kier molecular flexibility index (Phi) is 6.40. The number of para-hydroxylation sites is 1. The van der Waals surface area contributed by atoms with Gasteiger partial charge in [-0.05, 0) is 36.4 Å². The molecule has 1 aromatic heterocycles. The second-order valence-electron chi connectivity index (χ2n) is 5.75. The molecule has 1 N–H and O–H groups in total. The third-order valence-corrected chi connectivity index (χ3v) is 3.82. The van der Waals surface area contributed by atoms with Crippen molar-refractivity contribution >= 4 is 5.91 Å². The van der Waals surface area contributed by atoms with Gasteiger partial charge >= 0.3 is 0 Å². The van der Waals surface area contributed by atoms with Crippen molar-refractivity contribution < 1.29 is 18.8 Å². The fraction of sp³-hybridized carbons (Fsp3) is 0.250. The first-order valence-electron chi connectivity index (χ1n) is 8.66. The molecule has 7 nitrogen and oxygen atoms in total. The Bertz CT molecular complexity index is 847. The van der Waals surface area contributed by atoms with Gasteiger partial charge in [-0.3, -0.25) is 4.79 Å². The van der Waals surface area contributed by atoms with Gasteiger partial charge in [0.2, 0.25) is 17.6 Å². The number of hydrogen-bond acceptors (Lipinski definition) is 6. The molecule has 7 heteroatoms. The number of nitrogens with zero attached hydrogens (tertiary/aromatic N) is 2. The number of hydrogen-bond donors (Lipinski definition) is 1. The standard InChI is InChI=1S/C20H21N3O4/c1-25-16-9-7-15(8-10-16)20-22-19(27-23-20)11-13-21-18(24)12-14-26-17-5-3-2-4-6-17/h2-10H,11-14H2,1H3,(H,21,24). The molecule has 3 rings (SSSR count). The van der Waals surface area contributed by atoms with Crippen molar-refractivity contribution in [1.82, 2.24) is 15.5 Å². The number of nitrogens with one attached hydrogen (secondary N) is 1. The maximum Gasteiger partial charge on any atom is 0.228 e. The zero-order valence-electron chi connectivity index (χ0n) is 15.1. The highest BCUT2D eigenvalue weighted by Gasteiger charge is 2.09. The lowest BCUT2D eigenvalue weighted by Gasteiger charge is -2.06. The van der Waals surface area contributed by atoms with Crippen LogP contribution >= 0.6 is 0 Å². The quantitative estimate of drug-likeness (QED) is 0.626. The summed E-state index contributed by atoms with van der Waals surface area (Å²) in [5.41, 5.74) is 0.841. The normalized spacial score (nSPS) is 10.4. The molecule has 0 aliphatic rings. The van der Waals surface area contributed by atoms with Gasteiger partial charge in [0.1, 0.15) is 11.5 Å². The molecule has 0 radical (unpaired) electrons. The van der Waals surface area contributed by atoms with E-state index in [1.807, 2.05) is 54.6 Å². The number of carbonyl (C=O) groups is 1. The Morgan fingerprint density at radius 1 is 1.07 bits per heavy atom. The molecular formula is C20H21N3O4. The number of amides is 1. The molecule has 0 saturated carbocycles. The minimum atomic E-state index is -0.0826. The SMILES string of the molecule is COc1ccc(-c2noc(CCNC(=O)CCOc3ccccc3)n2)cc1. The molecule has 0 spiro atoms. The molecule has 2 aromatic carbocycles. The molecule has 0 bridgehead atoms. The van der Waals surface area contributed by atoms with Crippen LogP contribution in [-0.4, -0.2) is 36.3 Å². The molecule has 0 saturated heterocycles. The van der Waals surface area contributed by atoms with E-state index in [1.54, 1.807) is 7.11 Å². The minimum absolute atomic E-state index is 0.0826. The molecule has 3 aromatic rings. The third-order valence-electron chi connectivity index (χ3n) is 3.82. The highest BCUT2D eigenvalue weighted by atomic mass is 16.5. The number of rotatable bonds is 9. The first-order chi connectivity index (χ1) is 13.2. The summed E-state index contributed by atoms with van der Waals surface area (Å²) in [6.45, 7) is 0.756. The fourth-order valence-corrected chi connectivity index (χ4v) is 2.39. The van der Waals surface area contributed by atoms with Crippen LogP contribution in [0.4, 0.5) is 0 Å². The van der Waals surface area contributed by atoms with Crippen LogP contribution in [-0.2, 0) is 11.2 Å². The maximum atomic E-state index is 11.8. The predicted molar refractivity (Wildman–Crippen MR) is 99.6 cm³/mol. The third kappa shape index (κ3) is 5.57. The summed E-state index contributed by atoms with van der Waals surface area (Å²) >= 11 is 0. The summed E-state index contributed by atoms with van der Waals surface area (Å²) in [5.74, 6) is 2.42. The Morgan fingerprint density at radius 3 is 2.59 bits per heavy atom. The van der Waals surface area contributed by atoms with Gasteiger partial charge in [-0.2, -0.15) is 4.98 Å². The molecule has 0 aliphatic carbocycles. The Hall–Kier alpha value is -3.35. The van der Waals surface area contributed by atoms with E-state index in [-0.39, 0.29) is 12.3 Å². The van der Waals surface area contributed by atoms with Gasteiger partial charge in [0.05, 0.1) is 20.1 Å². The Morgan fingerprint density at radius 2 is 1.85 bits per heavy atom. The van der Waals surface area contributed by atoms with E-state index in [9.17, 15) is 4.79 Å². The first kappa shape index (κ1) is 18.4. The van der Waals surface area contributed by atoms with E-state index in [2.05, 4.69) is 15.5 Å². The number of methoxy groups -OCH3 is 1. The highest BCUT2D eigenvalue weighted by Crippen LogP contribution is 2.19. The van der Waals surface area contributed by atoms with Crippen molar-refractivity contribution in [1.29, 1.82) is 0 Å². The predicted octanol–water partition coefficient (Wildman–Crippen LogP) is 2.87. The first-order valence-corrected chi connectivity index (χ1v) is 8.66. The Labute approximate surface area is 157 Å². The van der Waals surface area contributed by atoms with Crippen molar-refractivity contribution in [3.63, 3.8) is 0 Å². The molecule has 1 amide bonds. The highest BCUT2D eigenvalue weighted by molar-refractivity contribution is 5.75. The van der Waals surface area contributed by atoms with Gasteiger partial charge in [0.25, 0.3) is 0 Å². The average Bonchev–Trinajstić information content (AvgIpc) is 3.18. The summed E-state index contributed by atoms with van der Waals surface area (Å²) in [6, 6.07) is 16.8. The molecule has 0 fully saturated rings. The van der Waals surface area contributed by atoms with Crippen molar-refractivity contribution in [2.24, 2.45) is 0 Å². The van der Waals surface area contributed by atoms with Crippen LogP contribution in [0.25, 0.3) is 11.4 Å². The van der Waals surface area contributed by atoms with Gasteiger partial charge in [0.15, 0.2) is 0 Å². The maximum absolute atomic E-state index is 11.8. The van der Waals surface area contributed by atoms with E-state index >= 15 is 0 Å². The van der Waals surface area contributed by atoms with Crippen LogP contribution in [0.3, 0.4) is 0 Å². The zero-order valence-corrected chi connectivity index (χ0v) is 15.1. The van der Waals surface area contributed by atoms with Gasteiger partial charge < -0.3 is 19.3 Å². The molecule has 0 unspecified atom stereocenters. The van der Waals surface area contributed by atoms with Crippen LogP contribution in [0.2, 0.25) is 0 Å². The molecule has 1 heterocycles. The van der Waals surface area contributed by atoms with Crippen molar-refractivity contribution in [3.05, 3.63) is 60.5 Å². The summed E-state index contributed by atoms with van der Waals surface area (Å²) in [4.78, 5) is 16.2. The van der Waals surface area contributed by atoms with E-state index in [0.29, 0.717) is 31.3 Å². The van der Waals surface area contributed by atoms with Gasteiger partial charge in [-0.25, -0.2) is 0 Å². The van der Waals surface area contributed by atoms with Crippen LogP contribution in [0, 0.1) is 0 Å². The van der Waals surface area contributed by atoms with Crippen LogP contribution in [0.15, 0.2) is 59.1 Å². The van der Waals surface area contributed by atoms with E-state index < -0.39 is 0 Å². The lowest BCUT2D eigenvalue weighted by molar-refractivity contribution is -0.121. The van der Waals surface area contributed by atoms with Crippen LogP contribution in [0.1, 0.15) is 12.3 Å². The number of ether oxygens (including phenoxy) is 2. The van der Waals surface area contributed by atoms with Crippen molar-refractivity contribution in [3.8, 4) is 22.9 Å². The zero-order chi connectivity index (χ0) is 18.9. The molecule has 0 atom stereocenters. The summed E-state index contributed by atoms with van der Waals surface area (Å²) in [5, 5.41) is 6.78. The lowest BCUT2D eigenvalue weighted by Crippen LogP contribution is -2.27. The molecule has 27 heavy (non-hydrogen) atoms. The van der Waals surface area contributed by atoms with Crippen molar-refractivity contribution in [2.45, 2.75) is 12.8 Å². The van der Waals surface area contributed by atoms with Gasteiger partial charge in [-0.1, -0.05) is 23.4 Å². The van der Waals surface area contributed by atoms with Gasteiger partial charge in [-0.15, -0.1) is 0 Å². The fourth-order valence-electron chi connectivity index (χ4n) is 2.39. The monoisotopic (exact) mass is 367 g/mol. The smallest absolute Gasteiger partial charge is 0.228 e. The minimum Gasteiger partial charge on any atom is -0.497 e. The molecule has 0 aliphatic heterocycles. The lowest BCUT2D eigenvalue weighted by atomic mass is 10.2. The van der Waals surface area contributed by atoms with E-state index in [0.717, 1.165) is 17.1 Å². The summed E-state index contributed by atoms with van der Waals surface area (Å²) in [7, 11) is 1.61. The topological polar surface area (TPSA) is 86.5 Å². The molecular weight excluding hydrogens is 346 g/mol. The van der Waals surface area contributed by atoms with Crippen LogP contribution in [0.5, 0.6) is 11.5 Å². The van der Waals surface area contributed by atoms with Gasteiger partial charge in [0, 0.05) is 18.5 Å². The van der Waals surface area contributed by atoms with E-state index in [4.69, 9.17) is 14.0 Å². The molecule has 140 valence electrons. The summed E-state index contributed by atoms with van der Waals surface area (Å²) < 4.78 is 15.9.